The number of benzene rings is 1. The molecule has 2 aliphatic heterocycles. The summed E-state index contributed by atoms with van der Waals surface area (Å²) in [5.74, 6) is -1.09. The van der Waals surface area contributed by atoms with E-state index in [1.165, 1.54) is 14.7 Å². The highest BCUT2D eigenvalue weighted by atomic mass is 32.2. The molecule has 12 heteroatoms. The molecule has 0 unspecified atom stereocenters. The molecular formula is C18H27FN6O4S. The number of amides is 1. The molecule has 0 aromatic heterocycles. The summed E-state index contributed by atoms with van der Waals surface area (Å²) in [6.45, 7) is 2.06. The molecular weight excluding hydrogens is 415 g/mol. The summed E-state index contributed by atoms with van der Waals surface area (Å²) in [6, 6.07) is 4.76. The summed E-state index contributed by atoms with van der Waals surface area (Å²) < 4.78 is 48.4. The number of guanidine groups is 1. The summed E-state index contributed by atoms with van der Waals surface area (Å²) in [6.07, 6.45) is 1.87. The Balaban J connectivity index is 1.61. The fourth-order valence-corrected chi connectivity index (χ4v) is 5.30. The molecule has 4 N–H and O–H groups in total. The van der Waals surface area contributed by atoms with Gasteiger partial charge in [0.1, 0.15) is 6.61 Å². The molecule has 30 heavy (non-hydrogen) atoms. The molecule has 1 amide bonds. The van der Waals surface area contributed by atoms with Gasteiger partial charge in [-0.1, -0.05) is 18.6 Å². The number of nitrogens with zero attached hydrogens (tertiary/aromatic N) is 3. The van der Waals surface area contributed by atoms with E-state index in [4.69, 9.17) is 15.9 Å². The monoisotopic (exact) mass is 442 g/mol. The van der Waals surface area contributed by atoms with Crippen LogP contribution in [0, 0.1) is 11.2 Å². The van der Waals surface area contributed by atoms with Crippen LogP contribution in [0.15, 0.2) is 18.2 Å². The molecule has 166 valence electrons. The summed E-state index contributed by atoms with van der Waals surface area (Å²) in [4.78, 5) is 13.2. The van der Waals surface area contributed by atoms with Crippen LogP contribution in [0.2, 0.25) is 0 Å². The van der Waals surface area contributed by atoms with E-state index in [1.54, 1.807) is 17.0 Å². The third-order valence-corrected chi connectivity index (χ3v) is 7.24. The lowest BCUT2D eigenvalue weighted by molar-refractivity contribution is 0.143. The largest absolute Gasteiger partial charge is 0.444 e. The standard InChI is InChI=1S/C18H27FN6O4S/c19-16-14(13-29-18(26)22-17(20)21)5-4-6-15(16)23-9-11-25(12-10-23)30(27,28)24-7-2-1-3-8-24/h4-6H,1-3,7-13H2,(H4,20,21,22,26). The first kappa shape index (κ1) is 22.2. The lowest BCUT2D eigenvalue weighted by Crippen LogP contribution is -2.54. The number of anilines is 1. The first-order valence-electron chi connectivity index (χ1n) is 9.84. The predicted octanol–water partition coefficient (Wildman–Crippen LogP) is 0.798. The van der Waals surface area contributed by atoms with Crippen LogP contribution in [-0.4, -0.2) is 68.3 Å². The average molecular weight is 443 g/mol. The van der Waals surface area contributed by atoms with Crippen LogP contribution < -0.4 is 16.0 Å². The minimum Gasteiger partial charge on any atom is -0.444 e. The van der Waals surface area contributed by atoms with E-state index in [0.29, 0.717) is 31.9 Å². The molecule has 0 spiro atoms. The van der Waals surface area contributed by atoms with Crippen molar-refractivity contribution in [3.8, 4) is 0 Å². The molecule has 10 nitrogen and oxygen atoms in total. The molecule has 2 aliphatic rings. The van der Waals surface area contributed by atoms with Gasteiger partial charge in [0.25, 0.3) is 10.2 Å². The van der Waals surface area contributed by atoms with E-state index in [9.17, 15) is 17.6 Å². The summed E-state index contributed by atoms with van der Waals surface area (Å²) >= 11 is 0. The summed E-state index contributed by atoms with van der Waals surface area (Å²) in [5.41, 5.74) is 5.55. The highest BCUT2D eigenvalue weighted by molar-refractivity contribution is 7.86. The van der Waals surface area contributed by atoms with Gasteiger partial charge in [0, 0.05) is 44.8 Å². The second kappa shape index (κ2) is 9.58. The van der Waals surface area contributed by atoms with E-state index >= 15 is 0 Å². The van der Waals surface area contributed by atoms with Crippen LogP contribution in [0.25, 0.3) is 0 Å². The average Bonchev–Trinajstić information content (AvgIpc) is 2.73. The van der Waals surface area contributed by atoms with Crippen LogP contribution in [-0.2, 0) is 21.6 Å². The Morgan fingerprint density at radius 2 is 1.73 bits per heavy atom. The van der Waals surface area contributed by atoms with E-state index in [-0.39, 0.29) is 25.3 Å². The Morgan fingerprint density at radius 3 is 2.37 bits per heavy atom. The minimum absolute atomic E-state index is 0.176. The summed E-state index contributed by atoms with van der Waals surface area (Å²) in [7, 11) is -3.48. The number of carbonyl (C=O) groups excluding carboxylic acids is 1. The SMILES string of the molecule is N=C(N)NC(=O)OCc1cccc(N2CCN(S(=O)(=O)N3CCCCC3)CC2)c1F. The third-order valence-electron chi connectivity index (χ3n) is 5.20. The molecule has 0 radical (unpaired) electrons. The van der Waals surface area contributed by atoms with Gasteiger partial charge >= 0.3 is 6.09 Å². The molecule has 0 aliphatic carbocycles. The molecule has 0 saturated carbocycles. The maximum Gasteiger partial charge on any atom is 0.414 e. The Morgan fingerprint density at radius 1 is 1.10 bits per heavy atom. The van der Waals surface area contributed by atoms with Gasteiger partial charge in [-0.05, 0) is 18.9 Å². The molecule has 2 saturated heterocycles. The zero-order valence-electron chi connectivity index (χ0n) is 16.6. The van der Waals surface area contributed by atoms with Gasteiger partial charge in [-0.25, -0.2) is 9.18 Å². The van der Waals surface area contributed by atoms with Gasteiger partial charge in [-0.3, -0.25) is 10.7 Å². The van der Waals surface area contributed by atoms with Gasteiger partial charge in [-0.15, -0.1) is 0 Å². The predicted molar refractivity (Wildman–Crippen MR) is 110 cm³/mol. The minimum atomic E-state index is -3.48. The maximum atomic E-state index is 14.9. The van der Waals surface area contributed by atoms with Crippen LogP contribution in [0.4, 0.5) is 14.9 Å². The van der Waals surface area contributed by atoms with Crippen LogP contribution in [0.5, 0.6) is 0 Å². The Bertz CT molecular complexity index is 883. The Labute approximate surface area is 175 Å². The number of piperidine rings is 1. The van der Waals surface area contributed by atoms with Crippen molar-refractivity contribution in [1.82, 2.24) is 13.9 Å². The fourth-order valence-electron chi connectivity index (χ4n) is 3.63. The van der Waals surface area contributed by atoms with E-state index < -0.39 is 28.1 Å². The molecule has 1 aromatic rings. The normalized spacial score (nSPS) is 18.8. The molecule has 2 fully saturated rings. The molecule has 1 aromatic carbocycles. The number of hydrogen-bond acceptors (Lipinski definition) is 6. The number of carbonyl (C=O) groups is 1. The lowest BCUT2D eigenvalue weighted by atomic mass is 10.1. The molecule has 3 rings (SSSR count). The topological polar surface area (TPSA) is 132 Å². The Kier molecular flexibility index (Phi) is 7.10. The molecule has 2 heterocycles. The van der Waals surface area contributed by atoms with Crippen molar-refractivity contribution in [2.24, 2.45) is 5.73 Å². The lowest BCUT2D eigenvalue weighted by Gasteiger charge is -2.38. The number of halogens is 1. The first-order valence-corrected chi connectivity index (χ1v) is 11.2. The number of rotatable bonds is 5. The number of hydrogen-bond donors (Lipinski definition) is 3. The smallest absolute Gasteiger partial charge is 0.414 e. The molecule has 0 bridgehead atoms. The van der Waals surface area contributed by atoms with Crippen LogP contribution in [0.3, 0.4) is 0 Å². The number of nitrogens with one attached hydrogen (secondary N) is 2. The van der Waals surface area contributed by atoms with Gasteiger partial charge < -0.3 is 15.4 Å². The van der Waals surface area contributed by atoms with Crippen molar-refractivity contribution in [2.75, 3.05) is 44.2 Å². The third kappa shape index (κ3) is 5.18. The van der Waals surface area contributed by atoms with Crippen molar-refractivity contribution in [2.45, 2.75) is 25.9 Å². The van der Waals surface area contributed by atoms with Crippen molar-refractivity contribution in [3.05, 3.63) is 29.6 Å². The van der Waals surface area contributed by atoms with Gasteiger partial charge in [0.15, 0.2) is 11.8 Å². The number of alkyl carbamates (subject to hydrolysis) is 1. The highest BCUT2D eigenvalue weighted by Crippen LogP contribution is 2.25. The van der Waals surface area contributed by atoms with Crippen molar-refractivity contribution < 1.29 is 22.3 Å². The van der Waals surface area contributed by atoms with Crippen molar-refractivity contribution >= 4 is 27.9 Å². The number of nitrogens with two attached hydrogens (primary N) is 1. The van der Waals surface area contributed by atoms with E-state index in [2.05, 4.69) is 0 Å². The number of piperazine rings is 1. The zero-order valence-corrected chi connectivity index (χ0v) is 17.5. The fraction of sp³-hybridized carbons (Fsp3) is 0.556. The second-order valence-electron chi connectivity index (χ2n) is 7.22. The van der Waals surface area contributed by atoms with Crippen LogP contribution >= 0.6 is 0 Å². The maximum absolute atomic E-state index is 14.9. The zero-order chi connectivity index (χ0) is 21.7. The Hall–Kier alpha value is -2.44. The first-order chi connectivity index (χ1) is 14.3. The quantitative estimate of drug-likeness (QED) is 0.456. The van der Waals surface area contributed by atoms with Gasteiger partial charge in [0.2, 0.25) is 0 Å². The second-order valence-corrected chi connectivity index (χ2v) is 9.15. The van der Waals surface area contributed by atoms with Crippen molar-refractivity contribution in [3.63, 3.8) is 0 Å². The summed E-state index contributed by atoms with van der Waals surface area (Å²) in [5, 5.41) is 8.94. The van der Waals surface area contributed by atoms with E-state index in [1.807, 2.05) is 5.32 Å². The number of ether oxygens (including phenoxy) is 1. The van der Waals surface area contributed by atoms with E-state index in [0.717, 1.165) is 19.3 Å². The van der Waals surface area contributed by atoms with Gasteiger partial charge in [0.05, 0.1) is 5.69 Å². The van der Waals surface area contributed by atoms with Crippen LogP contribution in [0.1, 0.15) is 24.8 Å². The van der Waals surface area contributed by atoms with Crippen molar-refractivity contribution in [1.29, 1.82) is 5.41 Å². The molecule has 0 atom stereocenters. The highest BCUT2D eigenvalue weighted by Gasteiger charge is 2.33. The van der Waals surface area contributed by atoms with Gasteiger partial charge in [-0.2, -0.15) is 17.0 Å².